The van der Waals surface area contributed by atoms with Crippen LogP contribution in [0.15, 0.2) is 54.6 Å². The van der Waals surface area contributed by atoms with Crippen LogP contribution in [0.4, 0.5) is 5.69 Å². The number of para-hydroxylation sites is 1. The van der Waals surface area contributed by atoms with Gasteiger partial charge in [-0.15, -0.1) is 0 Å². The molecule has 7 heteroatoms. The number of benzene rings is 2. The van der Waals surface area contributed by atoms with Crippen molar-refractivity contribution >= 4 is 35.2 Å². The third-order valence-corrected chi connectivity index (χ3v) is 7.55. The Balaban J connectivity index is 1.60. The van der Waals surface area contributed by atoms with E-state index in [2.05, 4.69) is 5.32 Å². The maximum Gasteiger partial charge on any atom is 0.252 e. The lowest BCUT2D eigenvalue weighted by atomic mass is 9.76. The minimum atomic E-state index is -1.18. The highest BCUT2D eigenvalue weighted by atomic mass is 32.2. The van der Waals surface area contributed by atoms with Crippen LogP contribution in [0.25, 0.3) is 0 Å². The van der Waals surface area contributed by atoms with Crippen molar-refractivity contribution in [1.82, 2.24) is 10.2 Å². The fourth-order valence-electron chi connectivity index (χ4n) is 5.53. The monoisotopic (exact) mass is 435 g/mol. The number of nitrogens with one attached hydrogen (secondary N) is 1. The first-order chi connectivity index (χ1) is 15.0. The number of amides is 3. The Morgan fingerprint density at radius 2 is 1.71 bits per heavy atom. The fraction of sp³-hybridized carbons (Fsp3) is 0.375. The van der Waals surface area contributed by atoms with Crippen LogP contribution in [0.2, 0.25) is 0 Å². The molecule has 2 saturated heterocycles. The minimum Gasteiger partial charge on any atom is -0.313 e. The molecule has 4 atom stereocenters. The fourth-order valence-corrected chi connectivity index (χ4v) is 6.02. The summed E-state index contributed by atoms with van der Waals surface area (Å²) in [6, 6.07) is 16.9. The van der Waals surface area contributed by atoms with Crippen LogP contribution in [-0.2, 0) is 26.5 Å². The molecule has 3 heterocycles. The Labute approximate surface area is 186 Å². The summed E-state index contributed by atoms with van der Waals surface area (Å²) < 4.78 is 0. The van der Waals surface area contributed by atoms with Gasteiger partial charge in [0.25, 0.3) is 5.91 Å². The molecule has 0 aromatic heterocycles. The number of hydrogen-bond acceptors (Lipinski definition) is 5. The van der Waals surface area contributed by atoms with E-state index in [1.165, 1.54) is 4.90 Å². The molecule has 3 aliphatic heterocycles. The number of hydrogen-bond donors (Lipinski definition) is 1. The first kappa shape index (κ1) is 20.3. The number of carbonyl (C=O) groups excluding carboxylic acids is 3. The van der Waals surface area contributed by atoms with Crippen molar-refractivity contribution in [3.8, 4) is 0 Å². The van der Waals surface area contributed by atoms with Crippen LogP contribution >= 0.6 is 11.8 Å². The predicted molar refractivity (Wildman–Crippen MR) is 120 cm³/mol. The zero-order chi connectivity index (χ0) is 21.8. The molecule has 0 aliphatic carbocycles. The molecule has 5 rings (SSSR count). The second-order valence-corrected chi connectivity index (χ2v) is 9.46. The van der Waals surface area contributed by atoms with E-state index in [-0.39, 0.29) is 30.3 Å². The zero-order valence-corrected chi connectivity index (χ0v) is 18.4. The molecule has 0 radical (unpaired) electrons. The quantitative estimate of drug-likeness (QED) is 0.731. The molecule has 160 valence electrons. The van der Waals surface area contributed by atoms with Gasteiger partial charge >= 0.3 is 0 Å². The van der Waals surface area contributed by atoms with Crippen molar-refractivity contribution < 1.29 is 14.4 Å². The molecule has 0 unspecified atom stereocenters. The number of likely N-dealkylation sites (tertiary alicyclic amines) is 1. The smallest absolute Gasteiger partial charge is 0.252 e. The average molecular weight is 436 g/mol. The van der Waals surface area contributed by atoms with Crippen molar-refractivity contribution in [3.05, 3.63) is 65.7 Å². The van der Waals surface area contributed by atoms with Gasteiger partial charge in [0.2, 0.25) is 11.8 Å². The van der Waals surface area contributed by atoms with E-state index in [9.17, 15) is 14.4 Å². The number of imide groups is 1. The highest BCUT2D eigenvalue weighted by molar-refractivity contribution is 7.98. The summed E-state index contributed by atoms with van der Waals surface area (Å²) in [5, 5.41) is 3.51. The summed E-state index contributed by atoms with van der Waals surface area (Å²) in [6.45, 7) is 0.239. The van der Waals surface area contributed by atoms with Crippen LogP contribution in [-0.4, -0.2) is 47.7 Å². The molecular formula is C24H25N3O3S. The second kappa shape index (κ2) is 7.50. The zero-order valence-electron chi connectivity index (χ0n) is 17.6. The highest BCUT2D eigenvalue weighted by Crippen LogP contribution is 2.54. The van der Waals surface area contributed by atoms with E-state index < -0.39 is 17.4 Å². The van der Waals surface area contributed by atoms with Crippen molar-refractivity contribution in [2.24, 2.45) is 11.8 Å². The molecule has 2 aromatic rings. The number of anilines is 1. The lowest BCUT2D eigenvalue weighted by Crippen LogP contribution is -2.54. The summed E-state index contributed by atoms with van der Waals surface area (Å²) >= 11 is 1.70. The number of likely N-dealkylation sites (N-methyl/N-ethyl adjacent to an activating group) is 1. The number of nitrogens with zero attached hydrogens (tertiary/aromatic N) is 2. The Morgan fingerprint density at radius 3 is 2.45 bits per heavy atom. The third kappa shape index (κ3) is 2.79. The van der Waals surface area contributed by atoms with Crippen LogP contribution in [0.1, 0.15) is 17.5 Å². The van der Waals surface area contributed by atoms with Gasteiger partial charge in [0.15, 0.2) is 0 Å². The van der Waals surface area contributed by atoms with Crippen molar-refractivity contribution in [2.45, 2.75) is 24.5 Å². The Morgan fingerprint density at radius 1 is 1.00 bits per heavy atom. The first-order valence-corrected chi connectivity index (χ1v) is 11.9. The first-order valence-electron chi connectivity index (χ1n) is 10.5. The SMILES string of the molecule is CSCC[C@@H]1N[C@@]2(C(=O)N(C)c3ccccc32)[C@@H]2C(=O)N(Cc3ccccc3)C(=O)[C@@H]12. The van der Waals surface area contributed by atoms with Gasteiger partial charge in [0.1, 0.15) is 5.54 Å². The molecule has 3 amide bonds. The average Bonchev–Trinajstić information content (AvgIpc) is 3.34. The molecule has 3 aliphatic rings. The molecule has 1 N–H and O–H groups in total. The maximum absolute atomic E-state index is 13.7. The minimum absolute atomic E-state index is 0.155. The van der Waals surface area contributed by atoms with Gasteiger partial charge in [-0.25, -0.2) is 0 Å². The predicted octanol–water partition coefficient (Wildman–Crippen LogP) is 2.38. The van der Waals surface area contributed by atoms with E-state index in [0.717, 1.165) is 29.0 Å². The topological polar surface area (TPSA) is 69.7 Å². The van der Waals surface area contributed by atoms with Gasteiger partial charge in [-0.2, -0.15) is 11.8 Å². The van der Waals surface area contributed by atoms with Crippen LogP contribution in [0.5, 0.6) is 0 Å². The van der Waals surface area contributed by atoms with Crippen molar-refractivity contribution in [1.29, 1.82) is 0 Å². The molecule has 31 heavy (non-hydrogen) atoms. The van der Waals surface area contributed by atoms with Gasteiger partial charge in [-0.05, 0) is 30.1 Å². The van der Waals surface area contributed by atoms with Crippen molar-refractivity contribution in [3.63, 3.8) is 0 Å². The molecular weight excluding hydrogens is 410 g/mol. The standard InChI is InChI=1S/C24H25N3O3S/c1-26-18-11-7-6-10-16(18)24(23(26)30)20-19(17(25-24)12-13-31-2)21(28)27(22(20)29)14-15-8-4-3-5-9-15/h3-11,17,19-20,25H,12-14H2,1-2H3/t17-,19-,20-,24+/m0/s1. The Hall–Kier alpha value is -2.64. The number of carbonyl (C=O) groups is 3. The third-order valence-electron chi connectivity index (χ3n) is 6.90. The van der Waals surface area contributed by atoms with E-state index >= 15 is 0 Å². The van der Waals surface area contributed by atoms with Gasteiger partial charge in [0, 0.05) is 24.3 Å². The Kier molecular flexibility index (Phi) is 4.90. The van der Waals surface area contributed by atoms with Gasteiger partial charge in [-0.3, -0.25) is 24.6 Å². The largest absolute Gasteiger partial charge is 0.313 e. The summed E-state index contributed by atoms with van der Waals surface area (Å²) in [4.78, 5) is 43.9. The lowest BCUT2D eigenvalue weighted by molar-refractivity contribution is -0.143. The van der Waals surface area contributed by atoms with Gasteiger partial charge in [0.05, 0.1) is 18.4 Å². The van der Waals surface area contributed by atoms with Gasteiger partial charge in [-0.1, -0.05) is 48.5 Å². The summed E-state index contributed by atoms with van der Waals surface area (Å²) in [7, 11) is 1.74. The van der Waals surface area contributed by atoms with Crippen LogP contribution in [0, 0.1) is 11.8 Å². The van der Waals surface area contributed by atoms with E-state index in [0.29, 0.717) is 0 Å². The second-order valence-electron chi connectivity index (χ2n) is 8.47. The van der Waals surface area contributed by atoms with E-state index in [4.69, 9.17) is 0 Å². The molecule has 1 spiro atoms. The Bertz CT molecular complexity index is 1060. The van der Waals surface area contributed by atoms with Crippen LogP contribution in [0.3, 0.4) is 0 Å². The number of thioether (sulfide) groups is 1. The molecule has 0 bridgehead atoms. The molecule has 6 nitrogen and oxygen atoms in total. The number of rotatable bonds is 5. The molecule has 0 saturated carbocycles. The van der Waals surface area contributed by atoms with E-state index in [1.54, 1.807) is 23.7 Å². The normalized spacial score (nSPS) is 29.2. The van der Waals surface area contributed by atoms with E-state index in [1.807, 2.05) is 60.9 Å². The van der Waals surface area contributed by atoms with Gasteiger partial charge < -0.3 is 4.90 Å². The summed E-state index contributed by atoms with van der Waals surface area (Å²) in [5.41, 5.74) is 1.32. The number of fused-ring (bicyclic) bond motifs is 4. The summed E-state index contributed by atoms with van der Waals surface area (Å²) in [5.74, 6) is -0.993. The highest BCUT2D eigenvalue weighted by Gasteiger charge is 2.71. The molecule has 2 aromatic carbocycles. The molecule has 2 fully saturated rings. The summed E-state index contributed by atoms with van der Waals surface area (Å²) in [6.07, 6.45) is 2.75. The van der Waals surface area contributed by atoms with Crippen LogP contribution < -0.4 is 10.2 Å². The van der Waals surface area contributed by atoms with Crippen molar-refractivity contribution in [2.75, 3.05) is 24.0 Å². The lowest BCUT2D eigenvalue weighted by Gasteiger charge is -2.30. The maximum atomic E-state index is 13.7.